The van der Waals surface area contributed by atoms with Gasteiger partial charge in [-0.25, -0.2) is 5.84 Å². The van der Waals surface area contributed by atoms with Crippen molar-refractivity contribution in [2.45, 2.75) is 51.2 Å². The summed E-state index contributed by atoms with van der Waals surface area (Å²) in [6.07, 6.45) is 2.59. The molecule has 0 bridgehead atoms. The summed E-state index contributed by atoms with van der Waals surface area (Å²) in [5.74, 6) is 5.72. The number of rotatable bonds is 16. The Morgan fingerprint density at radius 2 is 1.46 bits per heavy atom. The maximum absolute atomic E-state index is 12.7. The molecule has 1 amide bonds. The lowest BCUT2D eigenvalue weighted by Crippen LogP contribution is -2.47. The van der Waals surface area contributed by atoms with Crippen LogP contribution in [-0.4, -0.2) is 41.2 Å². The number of carbonyl (C=O) groups excluding carboxylic acids is 1. The second kappa shape index (κ2) is 15.4. The first-order valence-corrected chi connectivity index (χ1v) is 12.7. The molecule has 0 aliphatic rings. The van der Waals surface area contributed by atoms with Crippen molar-refractivity contribution >= 4 is 11.9 Å². The lowest BCUT2D eigenvalue weighted by Gasteiger charge is -2.27. The number of amides is 1. The van der Waals surface area contributed by atoms with Crippen molar-refractivity contribution < 1.29 is 24.2 Å². The molecule has 7 nitrogen and oxygen atoms in total. The Hall–Kier alpha value is -3.68. The molecule has 3 aromatic carbocycles. The van der Waals surface area contributed by atoms with Gasteiger partial charge < -0.3 is 14.6 Å². The number of nitrogens with zero attached hydrogens (tertiary/aromatic N) is 1. The number of carboxylic acids is 1. The van der Waals surface area contributed by atoms with Gasteiger partial charge in [0.25, 0.3) is 0 Å². The number of hydrogen-bond acceptors (Lipinski definition) is 5. The smallest absolute Gasteiger partial charge is 0.303 e. The van der Waals surface area contributed by atoms with Crippen LogP contribution in [0.4, 0.5) is 0 Å². The number of aliphatic carboxylic acids is 1. The van der Waals surface area contributed by atoms with Gasteiger partial charge in [-0.2, -0.15) is 0 Å². The average Bonchev–Trinajstić information content (AvgIpc) is 2.93. The van der Waals surface area contributed by atoms with E-state index in [1.54, 1.807) is 0 Å². The van der Waals surface area contributed by atoms with Crippen molar-refractivity contribution in [3.05, 3.63) is 102 Å². The Bertz CT molecular complexity index is 1070. The number of benzene rings is 3. The van der Waals surface area contributed by atoms with E-state index in [1.807, 2.05) is 72.8 Å². The Morgan fingerprint density at radius 1 is 0.811 bits per heavy atom. The van der Waals surface area contributed by atoms with Crippen LogP contribution < -0.4 is 10.6 Å². The molecule has 0 fully saturated rings. The Morgan fingerprint density at radius 3 is 2.11 bits per heavy atom. The largest absolute Gasteiger partial charge is 0.489 e. The molecule has 3 aromatic rings. The molecule has 3 N–H and O–H groups in total. The summed E-state index contributed by atoms with van der Waals surface area (Å²) in [6.45, 7) is 1.31. The summed E-state index contributed by atoms with van der Waals surface area (Å²) >= 11 is 0. The quantitative estimate of drug-likeness (QED) is 0.126. The van der Waals surface area contributed by atoms with Crippen molar-refractivity contribution in [2.24, 2.45) is 5.84 Å². The normalized spacial score (nSPS) is 11.6. The molecule has 0 saturated carbocycles. The summed E-state index contributed by atoms with van der Waals surface area (Å²) in [6, 6.07) is 27.2. The Kier molecular flexibility index (Phi) is 11.6. The van der Waals surface area contributed by atoms with Gasteiger partial charge in [-0.05, 0) is 54.5 Å². The molecule has 1 unspecified atom stereocenters. The van der Waals surface area contributed by atoms with Crippen molar-refractivity contribution in [1.82, 2.24) is 5.01 Å². The zero-order valence-corrected chi connectivity index (χ0v) is 21.1. The number of carboxylic acid groups (broad SMARTS) is 1. The highest BCUT2D eigenvalue weighted by molar-refractivity contribution is 5.76. The van der Waals surface area contributed by atoms with Crippen LogP contribution in [0.2, 0.25) is 0 Å². The van der Waals surface area contributed by atoms with Crippen molar-refractivity contribution in [3.8, 4) is 5.75 Å². The third-order valence-corrected chi connectivity index (χ3v) is 6.07. The number of hydrazine groups is 1. The van der Waals surface area contributed by atoms with E-state index in [4.69, 9.17) is 20.4 Å². The molecule has 7 heteroatoms. The van der Waals surface area contributed by atoms with E-state index in [9.17, 15) is 9.59 Å². The molecule has 0 aliphatic heterocycles. The molecular weight excluding hydrogens is 468 g/mol. The van der Waals surface area contributed by atoms with Crippen LogP contribution in [-0.2, 0) is 33.8 Å². The van der Waals surface area contributed by atoms with E-state index in [-0.39, 0.29) is 31.8 Å². The third-order valence-electron chi connectivity index (χ3n) is 6.07. The number of hydrogen-bond donors (Lipinski definition) is 2. The van der Waals surface area contributed by atoms with E-state index in [0.29, 0.717) is 19.6 Å². The third kappa shape index (κ3) is 10.5. The maximum Gasteiger partial charge on any atom is 0.303 e. The molecule has 196 valence electrons. The molecule has 37 heavy (non-hydrogen) atoms. The SMILES string of the molecule is NN(C(=O)CCOCCCc1ccccc1)C(CCC(=O)O)Cc1ccc(OCc2ccccc2)cc1. The first-order chi connectivity index (χ1) is 18.0. The molecule has 0 spiro atoms. The fourth-order valence-electron chi connectivity index (χ4n) is 3.98. The van der Waals surface area contributed by atoms with Gasteiger partial charge in [0.15, 0.2) is 0 Å². The molecule has 1 atom stereocenters. The van der Waals surface area contributed by atoms with E-state index in [0.717, 1.165) is 29.7 Å². The first kappa shape index (κ1) is 27.9. The maximum atomic E-state index is 12.7. The minimum absolute atomic E-state index is 0.0695. The Balaban J connectivity index is 1.45. The summed E-state index contributed by atoms with van der Waals surface area (Å²) in [4.78, 5) is 23.9. The number of aryl methyl sites for hydroxylation is 1. The fraction of sp³-hybridized carbons (Fsp3) is 0.333. The fourth-order valence-corrected chi connectivity index (χ4v) is 3.98. The van der Waals surface area contributed by atoms with Crippen molar-refractivity contribution in [3.63, 3.8) is 0 Å². The van der Waals surface area contributed by atoms with E-state index in [2.05, 4.69) is 12.1 Å². The van der Waals surface area contributed by atoms with Crippen LogP contribution in [0.15, 0.2) is 84.9 Å². The van der Waals surface area contributed by atoms with Gasteiger partial charge in [-0.15, -0.1) is 0 Å². The monoisotopic (exact) mass is 504 g/mol. The Labute approximate surface area is 218 Å². The van der Waals surface area contributed by atoms with Crippen LogP contribution in [0.3, 0.4) is 0 Å². The van der Waals surface area contributed by atoms with E-state index in [1.165, 1.54) is 10.6 Å². The van der Waals surface area contributed by atoms with Gasteiger partial charge in [0.1, 0.15) is 12.4 Å². The lowest BCUT2D eigenvalue weighted by molar-refractivity contribution is -0.140. The van der Waals surface area contributed by atoms with Gasteiger partial charge in [0.05, 0.1) is 19.1 Å². The van der Waals surface area contributed by atoms with Crippen molar-refractivity contribution in [2.75, 3.05) is 13.2 Å². The van der Waals surface area contributed by atoms with Gasteiger partial charge in [-0.1, -0.05) is 72.8 Å². The topological polar surface area (TPSA) is 102 Å². The number of ether oxygens (including phenoxy) is 2. The van der Waals surface area contributed by atoms with E-state index >= 15 is 0 Å². The number of carbonyl (C=O) groups is 2. The van der Waals surface area contributed by atoms with Crippen LogP contribution in [0.25, 0.3) is 0 Å². The summed E-state index contributed by atoms with van der Waals surface area (Å²) in [7, 11) is 0. The standard InChI is InChI=1S/C30H36N2O5/c31-32(29(33)19-21-36-20-7-12-24-8-3-1-4-9-24)27(15-18-30(34)35)22-25-13-16-28(17-14-25)37-23-26-10-5-2-6-11-26/h1-6,8-11,13-14,16-17,27H,7,12,15,18-23,31H2,(H,34,35). The molecule has 0 aromatic heterocycles. The molecule has 0 radical (unpaired) electrons. The molecular formula is C30H36N2O5. The average molecular weight is 505 g/mol. The minimum Gasteiger partial charge on any atom is -0.489 e. The zero-order chi connectivity index (χ0) is 26.3. The van der Waals surface area contributed by atoms with Crippen LogP contribution in [0.5, 0.6) is 5.75 Å². The van der Waals surface area contributed by atoms with Crippen LogP contribution in [0.1, 0.15) is 42.4 Å². The zero-order valence-electron chi connectivity index (χ0n) is 21.1. The molecule has 0 saturated heterocycles. The lowest BCUT2D eigenvalue weighted by atomic mass is 10.0. The molecule has 3 rings (SSSR count). The van der Waals surface area contributed by atoms with Crippen LogP contribution in [0, 0.1) is 0 Å². The molecule has 0 heterocycles. The molecule has 0 aliphatic carbocycles. The first-order valence-electron chi connectivity index (χ1n) is 12.7. The summed E-state index contributed by atoms with van der Waals surface area (Å²) in [5, 5.41) is 10.3. The van der Waals surface area contributed by atoms with Crippen LogP contribution >= 0.6 is 0 Å². The van der Waals surface area contributed by atoms with Crippen molar-refractivity contribution in [1.29, 1.82) is 0 Å². The summed E-state index contributed by atoms with van der Waals surface area (Å²) < 4.78 is 11.5. The second-order valence-corrected chi connectivity index (χ2v) is 8.96. The minimum atomic E-state index is -0.919. The highest BCUT2D eigenvalue weighted by Crippen LogP contribution is 2.18. The van der Waals surface area contributed by atoms with Gasteiger partial charge in [0, 0.05) is 13.0 Å². The number of nitrogens with two attached hydrogens (primary N) is 1. The predicted octanol–water partition coefficient (Wildman–Crippen LogP) is 4.78. The second-order valence-electron chi connectivity index (χ2n) is 8.96. The highest BCUT2D eigenvalue weighted by Gasteiger charge is 2.22. The summed E-state index contributed by atoms with van der Waals surface area (Å²) in [5.41, 5.74) is 3.29. The highest BCUT2D eigenvalue weighted by atomic mass is 16.5. The predicted molar refractivity (Wildman–Crippen MR) is 143 cm³/mol. The van der Waals surface area contributed by atoms with E-state index < -0.39 is 12.0 Å². The van der Waals surface area contributed by atoms with Gasteiger partial charge >= 0.3 is 5.97 Å². The van der Waals surface area contributed by atoms with Gasteiger partial charge in [0.2, 0.25) is 5.91 Å². The van der Waals surface area contributed by atoms with Gasteiger partial charge in [-0.3, -0.25) is 14.6 Å².